The van der Waals surface area contributed by atoms with E-state index in [2.05, 4.69) is 20.5 Å². The highest BCUT2D eigenvalue weighted by atomic mass is 32.2. The van der Waals surface area contributed by atoms with Crippen LogP contribution in [0.4, 0.5) is 10.5 Å². The van der Waals surface area contributed by atoms with Gasteiger partial charge in [0.2, 0.25) is 10.0 Å². The average molecular weight is 518 g/mol. The Hall–Kier alpha value is -2.69. The van der Waals surface area contributed by atoms with Crippen molar-refractivity contribution in [2.24, 2.45) is 0 Å². The molecule has 2 amide bonds. The normalized spacial score (nSPS) is 15.1. The van der Waals surface area contributed by atoms with Crippen LogP contribution in [0.2, 0.25) is 0 Å². The Morgan fingerprint density at radius 2 is 1.69 bits per heavy atom. The third-order valence-corrected chi connectivity index (χ3v) is 8.61. The summed E-state index contributed by atoms with van der Waals surface area (Å²) in [6.45, 7) is 9.20. The molecule has 2 N–H and O–H groups in total. The van der Waals surface area contributed by atoms with Gasteiger partial charge in [-0.25, -0.2) is 13.2 Å². The first-order valence-electron chi connectivity index (χ1n) is 12.7. The number of rotatable bonds is 11. The largest absolute Gasteiger partial charge is 0.497 e. The van der Waals surface area contributed by atoms with Crippen LogP contribution >= 0.6 is 0 Å². The van der Waals surface area contributed by atoms with Crippen molar-refractivity contribution >= 4 is 21.7 Å². The standard InChI is InChI=1S/C26H39N5O4S/c1-5-20-18-22(19-21(6-2)28-20)29-26(32)27-14-17-30-15-12-23(13-16-30)31(7-3)36(33,34)25-10-8-24(35-4)9-11-25/h8-11,18-19,23H,5-7,12-17H2,1-4H3,(H2,27,28,29,32). The monoisotopic (exact) mass is 517 g/mol. The minimum Gasteiger partial charge on any atom is -0.497 e. The zero-order valence-electron chi connectivity index (χ0n) is 21.8. The second kappa shape index (κ2) is 13.0. The summed E-state index contributed by atoms with van der Waals surface area (Å²) in [5.41, 5.74) is 2.68. The maximum absolute atomic E-state index is 13.2. The number of sulfonamides is 1. The van der Waals surface area contributed by atoms with E-state index in [4.69, 9.17) is 4.74 Å². The van der Waals surface area contributed by atoms with E-state index in [0.717, 1.165) is 55.8 Å². The Morgan fingerprint density at radius 3 is 2.22 bits per heavy atom. The van der Waals surface area contributed by atoms with E-state index in [1.165, 1.54) is 0 Å². The third kappa shape index (κ3) is 7.18. The number of urea groups is 1. The molecule has 1 aromatic carbocycles. The summed E-state index contributed by atoms with van der Waals surface area (Å²) in [7, 11) is -2.01. The number of hydrogen-bond acceptors (Lipinski definition) is 6. The number of amides is 2. The fourth-order valence-corrected chi connectivity index (χ4v) is 6.22. The summed E-state index contributed by atoms with van der Waals surface area (Å²) in [5, 5.41) is 5.83. The van der Waals surface area contributed by atoms with Gasteiger partial charge in [0.1, 0.15) is 5.75 Å². The number of carbonyl (C=O) groups excluding carboxylic acids is 1. The van der Waals surface area contributed by atoms with Crippen LogP contribution in [0.3, 0.4) is 0 Å². The molecule has 1 aliphatic heterocycles. The SMILES string of the molecule is CCc1cc(NC(=O)NCCN2CCC(N(CC)S(=O)(=O)c3ccc(OC)cc3)CC2)cc(CC)n1. The van der Waals surface area contributed by atoms with Crippen molar-refractivity contribution in [2.45, 2.75) is 57.4 Å². The van der Waals surface area contributed by atoms with Gasteiger partial charge in [0, 0.05) is 42.8 Å². The molecular weight excluding hydrogens is 478 g/mol. The number of carbonyl (C=O) groups is 1. The van der Waals surface area contributed by atoms with E-state index < -0.39 is 10.0 Å². The summed E-state index contributed by atoms with van der Waals surface area (Å²) >= 11 is 0. The lowest BCUT2D eigenvalue weighted by atomic mass is 10.1. The lowest BCUT2D eigenvalue weighted by Crippen LogP contribution is -2.48. The number of nitrogens with one attached hydrogen (secondary N) is 2. The molecule has 0 radical (unpaired) electrons. The zero-order valence-corrected chi connectivity index (χ0v) is 22.6. The van der Waals surface area contributed by atoms with E-state index in [1.807, 2.05) is 32.9 Å². The van der Waals surface area contributed by atoms with Gasteiger partial charge in [-0.05, 0) is 75.2 Å². The quantitative estimate of drug-likeness (QED) is 0.473. The Morgan fingerprint density at radius 1 is 1.08 bits per heavy atom. The molecule has 0 spiro atoms. The van der Waals surface area contributed by atoms with Crippen molar-refractivity contribution in [3.05, 3.63) is 47.8 Å². The molecule has 1 aromatic heterocycles. The number of piperidine rings is 1. The topological polar surface area (TPSA) is 104 Å². The van der Waals surface area contributed by atoms with Crippen LogP contribution in [0.5, 0.6) is 5.75 Å². The minimum atomic E-state index is -3.57. The summed E-state index contributed by atoms with van der Waals surface area (Å²) in [6.07, 6.45) is 3.14. The molecule has 1 saturated heterocycles. The highest BCUT2D eigenvalue weighted by Gasteiger charge is 2.32. The van der Waals surface area contributed by atoms with E-state index in [1.54, 1.807) is 35.7 Å². The molecule has 2 heterocycles. The van der Waals surface area contributed by atoms with Crippen LogP contribution in [0.15, 0.2) is 41.3 Å². The molecule has 9 nitrogen and oxygen atoms in total. The third-order valence-electron chi connectivity index (χ3n) is 6.57. The van der Waals surface area contributed by atoms with Crippen LogP contribution < -0.4 is 15.4 Å². The second-order valence-electron chi connectivity index (χ2n) is 8.88. The Kier molecular flexibility index (Phi) is 10.1. The smallest absolute Gasteiger partial charge is 0.319 e. The molecule has 1 fully saturated rings. The molecule has 1 aliphatic rings. The number of hydrogen-bond donors (Lipinski definition) is 2. The number of aryl methyl sites for hydroxylation is 2. The molecule has 0 unspecified atom stereocenters. The van der Waals surface area contributed by atoms with Crippen LogP contribution in [0.25, 0.3) is 0 Å². The highest BCUT2D eigenvalue weighted by molar-refractivity contribution is 7.89. The number of ether oxygens (including phenoxy) is 1. The van der Waals surface area contributed by atoms with Crippen LogP contribution in [0, 0.1) is 0 Å². The number of aromatic nitrogens is 1. The maximum atomic E-state index is 13.2. The number of nitrogens with zero attached hydrogens (tertiary/aromatic N) is 3. The summed E-state index contributed by atoms with van der Waals surface area (Å²) in [4.78, 5) is 19.5. The van der Waals surface area contributed by atoms with Gasteiger partial charge in [0.05, 0.1) is 12.0 Å². The van der Waals surface area contributed by atoms with Gasteiger partial charge < -0.3 is 20.3 Å². The Balaban J connectivity index is 1.47. The average Bonchev–Trinajstić information content (AvgIpc) is 2.89. The molecule has 36 heavy (non-hydrogen) atoms. The van der Waals surface area contributed by atoms with Crippen molar-refractivity contribution in [2.75, 3.05) is 45.2 Å². The predicted octanol–water partition coefficient (Wildman–Crippen LogP) is 3.51. The molecule has 2 aromatic rings. The fraction of sp³-hybridized carbons (Fsp3) is 0.538. The lowest BCUT2D eigenvalue weighted by Gasteiger charge is -2.37. The van der Waals surface area contributed by atoms with Crippen LogP contribution in [-0.4, -0.2) is 74.5 Å². The number of anilines is 1. The zero-order chi connectivity index (χ0) is 26.1. The van der Waals surface area contributed by atoms with E-state index in [-0.39, 0.29) is 17.0 Å². The fourth-order valence-electron chi connectivity index (χ4n) is 4.53. The number of methoxy groups -OCH3 is 1. The van der Waals surface area contributed by atoms with Crippen molar-refractivity contribution in [1.82, 2.24) is 19.5 Å². The van der Waals surface area contributed by atoms with E-state index >= 15 is 0 Å². The van der Waals surface area contributed by atoms with Gasteiger partial charge in [0.15, 0.2) is 0 Å². The number of likely N-dealkylation sites (tertiary alicyclic amines) is 1. The summed E-state index contributed by atoms with van der Waals surface area (Å²) in [6, 6.07) is 10.1. The second-order valence-corrected chi connectivity index (χ2v) is 10.8. The lowest BCUT2D eigenvalue weighted by molar-refractivity contribution is 0.162. The van der Waals surface area contributed by atoms with Gasteiger partial charge in [-0.2, -0.15) is 4.31 Å². The molecular formula is C26H39N5O4S. The summed E-state index contributed by atoms with van der Waals surface area (Å²) in [5.74, 6) is 0.629. The van der Waals surface area contributed by atoms with Gasteiger partial charge in [-0.15, -0.1) is 0 Å². The number of pyridine rings is 1. The molecule has 0 bridgehead atoms. The predicted molar refractivity (Wildman–Crippen MR) is 142 cm³/mol. The first-order chi connectivity index (χ1) is 17.3. The van der Waals surface area contributed by atoms with Gasteiger partial charge >= 0.3 is 6.03 Å². The van der Waals surface area contributed by atoms with E-state index in [0.29, 0.717) is 25.4 Å². The Bertz CT molecular complexity index is 1080. The first-order valence-corrected chi connectivity index (χ1v) is 14.2. The molecule has 3 rings (SSSR count). The summed E-state index contributed by atoms with van der Waals surface area (Å²) < 4.78 is 33.2. The van der Waals surface area contributed by atoms with Crippen LogP contribution in [-0.2, 0) is 22.9 Å². The number of benzene rings is 1. The van der Waals surface area contributed by atoms with Gasteiger partial charge in [-0.1, -0.05) is 20.8 Å². The molecule has 0 saturated carbocycles. The van der Waals surface area contributed by atoms with Crippen molar-refractivity contribution < 1.29 is 17.9 Å². The van der Waals surface area contributed by atoms with Crippen molar-refractivity contribution in [3.8, 4) is 5.75 Å². The molecule has 0 atom stereocenters. The highest BCUT2D eigenvalue weighted by Crippen LogP contribution is 2.25. The van der Waals surface area contributed by atoms with Gasteiger partial charge in [0.25, 0.3) is 0 Å². The van der Waals surface area contributed by atoms with Gasteiger partial charge in [-0.3, -0.25) is 4.98 Å². The molecule has 198 valence electrons. The van der Waals surface area contributed by atoms with Crippen LogP contribution in [0.1, 0.15) is 45.0 Å². The first kappa shape index (κ1) is 27.9. The van der Waals surface area contributed by atoms with E-state index in [9.17, 15) is 13.2 Å². The molecule has 10 heteroatoms. The Labute approximate surface area is 215 Å². The maximum Gasteiger partial charge on any atom is 0.319 e. The minimum absolute atomic E-state index is 0.0400. The van der Waals surface area contributed by atoms with Crippen molar-refractivity contribution in [1.29, 1.82) is 0 Å². The van der Waals surface area contributed by atoms with Crippen molar-refractivity contribution in [3.63, 3.8) is 0 Å². The molecule has 0 aliphatic carbocycles.